The van der Waals surface area contributed by atoms with Crippen molar-refractivity contribution < 1.29 is 0 Å². The summed E-state index contributed by atoms with van der Waals surface area (Å²) in [6, 6.07) is 0. The molecule has 0 aliphatic heterocycles. The Hall–Kier alpha value is -0.260. The molecule has 0 N–H and O–H groups in total. The topological polar surface area (TPSA) is 0 Å². The summed E-state index contributed by atoms with van der Waals surface area (Å²) >= 11 is 0. The zero-order valence-corrected chi connectivity index (χ0v) is 8.65. The van der Waals surface area contributed by atoms with Gasteiger partial charge in [0.25, 0.3) is 0 Å². The first kappa shape index (κ1) is 10.7. The third-order valence-electron chi connectivity index (χ3n) is 1.53. The van der Waals surface area contributed by atoms with Crippen molar-refractivity contribution in [2.45, 2.75) is 47.5 Å². The van der Waals surface area contributed by atoms with Gasteiger partial charge in [0.2, 0.25) is 0 Å². The van der Waals surface area contributed by atoms with E-state index < -0.39 is 0 Å². The fourth-order valence-electron chi connectivity index (χ4n) is 0.866. The molecule has 0 aliphatic carbocycles. The molecular formula is C11H22. The first-order valence-electron chi connectivity index (χ1n) is 4.59. The molecule has 11 heavy (non-hydrogen) atoms. The van der Waals surface area contributed by atoms with E-state index in [0.717, 1.165) is 5.92 Å². The Morgan fingerprint density at radius 2 is 1.73 bits per heavy atom. The Balaban J connectivity index is 3.46. The van der Waals surface area contributed by atoms with Crippen LogP contribution in [0.1, 0.15) is 47.5 Å². The minimum absolute atomic E-state index is 0.358. The highest BCUT2D eigenvalue weighted by Crippen LogP contribution is 2.15. The standard InChI is InChI=1S/C11H22/c1-10(2)8-6-7-9-11(3,4)5/h7,9-10H,6,8H2,1-5H3/b9-7+. The molecule has 0 aliphatic rings. The maximum Gasteiger partial charge on any atom is -0.0203 e. The van der Waals surface area contributed by atoms with Crippen LogP contribution in [0.3, 0.4) is 0 Å². The summed E-state index contributed by atoms with van der Waals surface area (Å²) in [5, 5.41) is 0. The Bertz CT molecular complexity index is 112. The van der Waals surface area contributed by atoms with Crippen LogP contribution < -0.4 is 0 Å². The molecule has 66 valence electrons. The van der Waals surface area contributed by atoms with Gasteiger partial charge in [-0.05, 0) is 24.2 Å². The summed E-state index contributed by atoms with van der Waals surface area (Å²) < 4.78 is 0. The summed E-state index contributed by atoms with van der Waals surface area (Å²) in [4.78, 5) is 0. The predicted octanol–water partition coefficient (Wildman–Crippen LogP) is 4.02. The van der Waals surface area contributed by atoms with Crippen LogP contribution in [0.2, 0.25) is 0 Å². The molecule has 0 bridgehead atoms. The first-order valence-corrected chi connectivity index (χ1v) is 4.59. The quantitative estimate of drug-likeness (QED) is 0.538. The lowest BCUT2D eigenvalue weighted by atomic mass is 9.95. The minimum Gasteiger partial charge on any atom is -0.0880 e. The van der Waals surface area contributed by atoms with Gasteiger partial charge in [-0.15, -0.1) is 0 Å². The van der Waals surface area contributed by atoms with Gasteiger partial charge >= 0.3 is 0 Å². The summed E-state index contributed by atoms with van der Waals surface area (Å²) in [5.74, 6) is 0.833. The zero-order chi connectivity index (χ0) is 8.91. The summed E-state index contributed by atoms with van der Waals surface area (Å²) in [5.41, 5.74) is 0.358. The molecule has 0 nitrogen and oxygen atoms in total. The maximum atomic E-state index is 2.31. The van der Waals surface area contributed by atoms with Gasteiger partial charge < -0.3 is 0 Å². The molecule has 0 heteroatoms. The van der Waals surface area contributed by atoms with Crippen LogP contribution in [0.5, 0.6) is 0 Å². The van der Waals surface area contributed by atoms with Crippen LogP contribution in [0.15, 0.2) is 12.2 Å². The highest BCUT2D eigenvalue weighted by atomic mass is 14.1. The second-order valence-corrected chi connectivity index (χ2v) is 4.74. The average molecular weight is 154 g/mol. The maximum absolute atomic E-state index is 2.31. The van der Waals surface area contributed by atoms with Crippen molar-refractivity contribution in [3.63, 3.8) is 0 Å². The highest BCUT2D eigenvalue weighted by molar-refractivity contribution is 4.91. The Morgan fingerprint density at radius 1 is 1.18 bits per heavy atom. The van der Waals surface area contributed by atoms with E-state index in [2.05, 4.69) is 46.8 Å². The average Bonchev–Trinajstić information content (AvgIpc) is 1.78. The second kappa shape index (κ2) is 4.58. The molecular weight excluding hydrogens is 132 g/mol. The summed E-state index contributed by atoms with van der Waals surface area (Å²) in [7, 11) is 0. The van der Waals surface area contributed by atoms with E-state index in [1.165, 1.54) is 12.8 Å². The molecule has 0 saturated carbocycles. The van der Waals surface area contributed by atoms with Crippen molar-refractivity contribution in [3.05, 3.63) is 12.2 Å². The molecule has 0 aromatic rings. The minimum atomic E-state index is 0.358. The van der Waals surface area contributed by atoms with Gasteiger partial charge in [-0.1, -0.05) is 46.8 Å². The van der Waals surface area contributed by atoms with E-state index in [9.17, 15) is 0 Å². The Morgan fingerprint density at radius 3 is 2.09 bits per heavy atom. The lowest BCUT2D eigenvalue weighted by molar-refractivity contribution is 0.536. The van der Waals surface area contributed by atoms with E-state index in [4.69, 9.17) is 0 Å². The van der Waals surface area contributed by atoms with E-state index >= 15 is 0 Å². The van der Waals surface area contributed by atoms with Crippen LogP contribution in [-0.4, -0.2) is 0 Å². The molecule has 0 fully saturated rings. The van der Waals surface area contributed by atoms with Crippen LogP contribution in [-0.2, 0) is 0 Å². The number of allylic oxidation sites excluding steroid dienone is 2. The van der Waals surface area contributed by atoms with Gasteiger partial charge in [0.1, 0.15) is 0 Å². The molecule has 0 unspecified atom stereocenters. The molecule has 0 atom stereocenters. The fourth-order valence-corrected chi connectivity index (χ4v) is 0.866. The van der Waals surface area contributed by atoms with Crippen molar-refractivity contribution in [2.24, 2.45) is 11.3 Å². The van der Waals surface area contributed by atoms with Crippen LogP contribution >= 0.6 is 0 Å². The van der Waals surface area contributed by atoms with E-state index in [0.29, 0.717) is 5.41 Å². The van der Waals surface area contributed by atoms with Gasteiger partial charge in [0.05, 0.1) is 0 Å². The third-order valence-corrected chi connectivity index (χ3v) is 1.53. The van der Waals surface area contributed by atoms with Gasteiger partial charge in [-0.2, -0.15) is 0 Å². The molecule has 0 radical (unpaired) electrons. The van der Waals surface area contributed by atoms with E-state index in [1.54, 1.807) is 0 Å². The molecule has 0 spiro atoms. The highest BCUT2D eigenvalue weighted by Gasteiger charge is 2.02. The molecule has 0 saturated heterocycles. The molecule has 0 aromatic carbocycles. The van der Waals surface area contributed by atoms with Gasteiger partial charge in [-0.25, -0.2) is 0 Å². The predicted molar refractivity (Wildman–Crippen MR) is 52.7 cm³/mol. The molecule has 0 heterocycles. The van der Waals surface area contributed by atoms with Crippen LogP contribution in [0.4, 0.5) is 0 Å². The smallest absolute Gasteiger partial charge is 0.0203 e. The number of hydrogen-bond donors (Lipinski definition) is 0. The number of hydrogen-bond acceptors (Lipinski definition) is 0. The van der Waals surface area contributed by atoms with Crippen molar-refractivity contribution in [1.29, 1.82) is 0 Å². The lowest BCUT2D eigenvalue weighted by Gasteiger charge is -2.11. The van der Waals surface area contributed by atoms with Gasteiger partial charge in [0.15, 0.2) is 0 Å². The van der Waals surface area contributed by atoms with Crippen LogP contribution in [0.25, 0.3) is 0 Å². The van der Waals surface area contributed by atoms with E-state index in [-0.39, 0.29) is 0 Å². The summed E-state index contributed by atoms with van der Waals surface area (Å²) in [6.07, 6.45) is 7.15. The number of rotatable bonds is 3. The summed E-state index contributed by atoms with van der Waals surface area (Å²) in [6.45, 7) is 11.2. The second-order valence-electron chi connectivity index (χ2n) is 4.74. The van der Waals surface area contributed by atoms with Crippen molar-refractivity contribution in [2.75, 3.05) is 0 Å². The lowest BCUT2D eigenvalue weighted by Crippen LogP contribution is -1.98. The Labute approximate surface area is 71.7 Å². The molecule has 0 rings (SSSR count). The third kappa shape index (κ3) is 9.74. The van der Waals surface area contributed by atoms with Crippen molar-refractivity contribution in [1.82, 2.24) is 0 Å². The molecule has 0 aromatic heterocycles. The zero-order valence-electron chi connectivity index (χ0n) is 8.65. The van der Waals surface area contributed by atoms with E-state index in [1.807, 2.05) is 0 Å². The van der Waals surface area contributed by atoms with Crippen LogP contribution in [0, 0.1) is 11.3 Å². The normalized spacial score (nSPS) is 13.3. The SMILES string of the molecule is CC(C)CC/C=C/C(C)(C)C. The van der Waals surface area contributed by atoms with Gasteiger partial charge in [-0.3, -0.25) is 0 Å². The monoisotopic (exact) mass is 154 g/mol. The Kier molecular flexibility index (Phi) is 4.48. The molecule has 0 amide bonds. The first-order chi connectivity index (χ1) is 4.92. The van der Waals surface area contributed by atoms with Crippen molar-refractivity contribution >= 4 is 0 Å². The van der Waals surface area contributed by atoms with Gasteiger partial charge in [0, 0.05) is 0 Å². The largest absolute Gasteiger partial charge is 0.0880 e. The van der Waals surface area contributed by atoms with Crippen molar-refractivity contribution in [3.8, 4) is 0 Å². The fraction of sp³-hybridized carbons (Fsp3) is 0.818.